The molecule has 0 spiro atoms. The Morgan fingerprint density at radius 3 is 2.58 bits per heavy atom. The van der Waals surface area contributed by atoms with Crippen LogP contribution in [-0.2, 0) is 4.79 Å². The highest BCUT2D eigenvalue weighted by Crippen LogP contribution is 2.52. The molecule has 3 N–H and O–H groups in total. The monoisotopic (exact) mass is 261 g/mol. The average Bonchev–Trinajstić information content (AvgIpc) is 2.78. The highest BCUT2D eigenvalue weighted by atomic mass is 16.4. The fourth-order valence-corrected chi connectivity index (χ4v) is 3.64. The zero-order chi connectivity index (χ0) is 13.9. The Morgan fingerprint density at radius 1 is 1.37 bits per heavy atom. The highest BCUT2D eigenvalue weighted by molar-refractivity contribution is 5.68. The van der Waals surface area contributed by atoms with Gasteiger partial charge in [0.2, 0.25) is 0 Å². The maximum Gasteiger partial charge on any atom is 0.303 e. The molecular formula is C16H23NO2. The molecule has 0 radical (unpaired) electrons. The molecule has 3 atom stereocenters. The van der Waals surface area contributed by atoms with E-state index < -0.39 is 5.97 Å². The number of hydrogen-bond donors (Lipinski definition) is 2. The number of aliphatic carboxylic acids is 1. The largest absolute Gasteiger partial charge is 0.481 e. The molecule has 1 aliphatic carbocycles. The summed E-state index contributed by atoms with van der Waals surface area (Å²) < 4.78 is 0. The van der Waals surface area contributed by atoms with Crippen LogP contribution in [0, 0.1) is 11.3 Å². The van der Waals surface area contributed by atoms with Crippen molar-refractivity contribution in [2.75, 3.05) is 6.54 Å². The summed E-state index contributed by atoms with van der Waals surface area (Å²) in [4.78, 5) is 11.1. The van der Waals surface area contributed by atoms with Gasteiger partial charge in [0.1, 0.15) is 0 Å². The molecule has 104 valence electrons. The van der Waals surface area contributed by atoms with E-state index in [1.807, 2.05) is 6.07 Å². The summed E-state index contributed by atoms with van der Waals surface area (Å²) in [6, 6.07) is 10.4. The van der Waals surface area contributed by atoms with Crippen LogP contribution in [0.25, 0.3) is 0 Å². The fraction of sp³-hybridized carbons (Fsp3) is 0.562. The molecule has 0 unspecified atom stereocenters. The van der Waals surface area contributed by atoms with Gasteiger partial charge in [-0.15, -0.1) is 0 Å². The molecule has 1 aromatic carbocycles. The van der Waals surface area contributed by atoms with Crippen LogP contribution < -0.4 is 5.73 Å². The molecule has 1 aliphatic rings. The molecule has 19 heavy (non-hydrogen) atoms. The molecule has 0 bridgehead atoms. The molecule has 0 aromatic heterocycles. The first-order chi connectivity index (χ1) is 9.10. The first-order valence-electron chi connectivity index (χ1n) is 7.07. The van der Waals surface area contributed by atoms with E-state index in [2.05, 4.69) is 31.2 Å². The molecule has 0 saturated heterocycles. The predicted molar refractivity (Wildman–Crippen MR) is 75.9 cm³/mol. The Bertz CT molecular complexity index is 432. The van der Waals surface area contributed by atoms with Crippen LogP contribution in [-0.4, -0.2) is 17.6 Å². The minimum Gasteiger partial charge on any atom is -0.481 e. The van der Waals surface area contributed by atoms with E-state index in [9.17, 15) is 4.79 Å². The van der Waals surface area contributed by atoms with Gasteiger partial charge in [-0.3, -0.25) is 4.79 Å². The summed E-state index contributed by atoms with van der Waals surface area (Å²) >= 11 is 0. The van der Waals surface area contributed by atoms with Crippen molar-refractivity contribution in [3.05, 3.63) is 35.9 Å². The number of nitrogens with two attached hydrogens (primary N) is 1. The van der Waals surface area contributed by atoms with Gasteiger partial charge in [-0.2, -0.15) is 0 Å². The third-order valence-corrected chi connectivity index (χ3v) is 4.63. The van der Waals surface area contributed by atoms with Crippen LogP contribution in [0.15, 0.2) is 30.3 Å². The highest BCUT2D eigenvalue weighted by Gasteiger charge is 2.45. The molecule has 1 aromatic rings. The maximum atomic E-state index is 11.1. The zero-order valence-electron chi connectivity index (χ0n) is 11.5. The van der Waals surface area contributed by atoms with Gasteiger partial charge in [-0.25, -0.2) is 0 Å². The number of hydrogen-bond acceptors (Lipinski definition) is 2. The van der Waals surface area contributed by atoms with Crippen LogP contribution >= 0.6 is 0 Å². The smallest absolute Gasteiger partial charge is 0.303 e. The van der Waals surface area contributed by atoms with E-state index in [1.165, 1.54) is 5.56 Å². The topological polar surface area (TPSA) is 63.3 Å². The number of benzene rings is 1. The van der Waals surface area contributed by atoms with Gasteiger partial charge in [0.15, 0.2) is 0 Å². The normalized spacial score (nSPS) is 30.4. The lowest BCUT2D eigenvalue weighted by atomic mass is 9.81. The molecule has 0 aliphatic heterocycles. The van der Waals surface area contributed by atoms with E-state index >= 15 is 0 Å². The van der Waals surface area contributed by atoms with Gasteiger partial charge in [0, 0.05) is 0 Å². The van der Waals surface area contributed by atoms with Crippen molar-refractivity contribution in [3.63, 3.8) is 0 Å². The van der Waals surface area contributed by atoms with Crippen molar-refractivity contribution in [3.8, 4) is 0 Å². The molecule has 0 amide bonds. The lowest BCUT2D eigenvalue weighted by Crippen LogP contribution is -2.30. The standard InChI is InChI=1S/C16H23NO2/c1-2-12-8-16(11-17,10-15(18)19)9-14(12)13-6-4-3-5-7-13/h3-7,12,14H,2,8-11,17H2,1H3,(H,18,19)/t12-,14+,16+/m0/s1. The van der Waals surface area contributed by atoms with Crippen molar-refractivity contribution in [1.29, 1.82) is 0 Å². The van der Waals surface area contributed by atoms with Crippen LogP contribution in [0.2, 0.25) is 0 Å². The quantitative estimate of drug-likeness (QED) is 0.856. The van der Waals surface area contributed by atoms with Crippen molar-refractivity contribution >= 4 is 5.97 Å². The molecule has 1 fully saturated rings. The van der Waals surface area contributed by atoms with Crippen LogP contribution in [0.5, 0.6) is 0 Å². The second-order valence-corrected chi connectivity index (χ2v) is 5.87. The van der Waals surface area contributed by atoms with Gasteiger partial charge in [0.25, 0.3) is 0 Å². The van der Waals surface area contributed by atoms with Crippen molar-refractivity contribution < 1.29 is 9.90 Å². The fourth-order valence-electron chi connectivity index (χ4n) is 3.64. The van der Waals surface area contributed by atoms with E-state index in [0.29, 0.717) is 18.4 Å². The van der Waals surface area contributed by atoms with E-state index in [1.54, 1.807) is 0 Å². The van der Waals surface area contributed by atoms with Gasteiger partial charge < -0.3 is 10.8 Å². The molecule has 3 nitrogen and oxygen atoms in total. The van der Waals surface area contributed by atoms with Crippen molar-refractivity contribution in [2.45, 2.75) is 38.5 Å². The van der Waals surface area contributed by atoms with Crippen LogP contribution in [0.3, 0.4) is 0 Å². The number of carbonyl (C=O) groups is 1. The second kappa shape index (κ2) is 5.74. The minimum atomic E-state index is -0.728. The summed E-state index contributed by atoms with van der Waals surface area (Å²) in [7, 11) is 0. The maximum absolute atomic E-state index is 11.1. The third-order valence-electron chi connectivity index (χ3n) is 4.63. The van der Waals surface area contributed by atoms with E-state index in [-0.39, 0.29) is 11.8 Å². The predicted octanol–water partition coefficient (Wildman–Crippen LogP) is 3.01. The second-order valence-electron chi connectivity index (χ2n) is 5.87. The summed E-state index contributed by atoms with van der Waals surface area (Å²) in [6.07, 6.45) is 3.12. The lowest BCUT2D eigenvalue weighted by molar-refractivity contribution is -0.139. The van der Waals surface area contributed by atoms with Crippen LogP contribution in [0.4, 0.5) is 0 Å². The summed E-state index contributed by atoms with van der Waals surface area (Å²) in [6.45, 7) is 2.66. The number of carboxylic acids is 1. The van der Waals surface area contributed by atoms with Crippen molar-refractivity contribution in [2.24, 2.45) is 17.1 Å². The number of rotatable bonds is 5. The first kappa shape index (κ1) is 14.1. The Balaban J connectivity index is 2.24. The van der Waals surface area contributed by atoms with Crippen molar-refractivity contribution in [1.82, 2.24) is 0 Å². The summed E-state index contributed by atoms with van der Waals surface area (Å²) in [5.41, 5.74) is 7.02. The van der Waals surface area contributed by atoms with Gasteiger partial charge in [-0.1, -0.05) is 43.7 Å². The average molecular weight is 261 g/mol. The third kappa shape index (κ3) is 2.98. The summed E-state index contributed by atoms with van der Waals surface area (Å²) in [5.74, 6) is 0.272. The van der Waals surface area contributed by atoms with E-state index in [4.69, 9.17) is 10.8 Å². The van der Waals surface area contributed by atoms with Crippen LogP contribution in [0.1, 0.15) is 44.1 Å². The molecule has 3 heteroatoms. The Hall–Kier alpha value is -1.35. The Kier molecular flexibility index (Phi) is 4.25. The SMILES string of the molecule is CC[C@H]1C[C@](CN)(CC(=O)O)C[C@H]1c1ccccc1. The molecule has 2 rings (SSSR count). The lowest BCUT2D eigenvalue weighted by Gasteiger charge is -2.25. The van der Waals surface area contributed by atoms with E-state index in [0.717, 1.165) is 19.3 Å². The van der Waals surface area contributed by atoms with Gasteiger partial charge >= 0.3 is 5.97 Å². The molecule has 0 heterocycles. The molecule has 1 saturated carbocycles. The minimum absolute atomic E-state index is 0.198. The first-order valence-corrected chi connectivity index (χ1v) is 7.07. The summed E-state index contributed by atoms with van der Waals surface area (Å²) in [5, 5.41) is 9.13. The van der Waals surface area contributed by atoms with Gasteiger partial charge in [0.05, 0.1) is 6.42 Å². The number of carboxylic acid groups (broad SMARTS) is 1. The Labute approximate surface area is 114 Å². The zero-order valence-corrected chi connectivity index (χ0v) is 11.5. The van der Waals surface area contributed by atoms with Gasteiger partial charge in [-0.05, 0) is 42.2 Å². The Morgan fingerprint density at radius 2 is 2.05 bits per heavy atom. The molecular weight excluding hydrogens is 238 g/mol.